The Labute approximate surface area is 162 Å². The molecule has 0 radical (unpaired) electrons. The first-order valence-electron chi connectivity index (χ1n) is 9.16. The Morgan fingerprint density at radius 1 is 0.964 bits per heavy atom. The zero-order valence-corrected chi connectivity index (χ0v) is 15.5. The molecule has 8 nitrogen and oxygen atoms in total. The Morgan fingerprint density at radius 3 is 2.25 bits per heavy atom. The van der Waals surface area contributed by atoms with Gasteiger partial charge in [-0.25, -0.2) is 0 Å². The average Bonchev–Trinajstić information content (AvgIpc) is 3.28. The number of piperazine rings is 1. The molecule has 3 amide bonds. The number of aliphatic hydroxyl groups excluding tert-OH is 1. The smallest absolute Gasteiger partial charge is 0.312 e. The van der Waals surface area contributed by atoms with Gasteiger partial charge in [-0.05, 0) is 17.7 Å². The number of nitrogens with zero attached hydrogens (tertiary/aromatic N) is 3. The van der Waals surface area contributed by atoms with Crippen molar-refractivity contribution in [3.63, 3.8) is 0 Å². The first-order valence-corrected chi connectivity index (χ1v) is 9.16. The van der Waals surface area contributed by atoms with Crippen LogP contribution in [0.2, 0.25) is 0 Å². The van der Waals surface area contributed by atoms with Gasteiger partial charge in [-0.3, -0.25) is 14.4 Å². The predicted molar refractivity (Wildman–Crippen MR) is 100 cm³/mol. The van der Waals surface area contributed by atoms with Gasteiger partial charge in [0.15, 0.2) is 5.76 Å². The number of rotatable bonds is 5. The highest BCUT2D eigenvalue weighted by Gasteiger charge is 2.31. The summed E-state index contributed by atoms with van der Waals surface area (Å²) in [5.74, 6) is -1.24. The van der Waals surface area contributed by atoms with Crippen molar-refractivity contribution >= 4 is 17.7 Å². The third-order valence-electron chi connectivity index (χ3n) is 4.64. The van der Waals surface area contributed by atoms with E-state index in [0.717, 1.165) is 5.56 Å². The van der Waals surface area contributed by atoms with Crippen LogP contribution in [-0.2, 0) is 16.1 Å². The molecule has 1 aromatic heterocycles. The average molecular weight is 385 g/mol. The molecule has 28 heavy (non-hydrogen) atoms. The van der Waals surface area contributed by atoms with E-state index in [1.165, 1.54) is 16.1 Å². The van der Waals surface area contributed by atoms with Crippen molar-refractivity contribution in [3.8, 4) is 0 Å². The summed E-state index contributed by atoms with van der Waals surface area (Å²) in [5, 5.41) is 9.27. The summed E-state index contributed by atoms with van der Waals surface area (Å²) < 4.78 is 5.12. The van der Waals surface area contributed by atoms with Crippen LogP contribution in [0.15, 0.2) is 53.1 Å². The number of carbonyl (C=O) groups excluding carboxylic acids is 3. The first kappa shape index (κ1) is 19.6. The summed E-state index contributed by atoms with van der Waals surface area (Å²) in [7, 11) is 0. The number of benzene rings is 1. The molecule has 8 heteroatoms. The summed E-state index contributed by atoms with van der Waals surface area (Å²) in [4.78, 5) is 42.0. The quantitative estimate of drug-likeness (QED) is 0.760. The Bertz CT molecular complexity index is 799. The molecule has 0 aliphatic carbocycles. The monoisotopic (exact) mass is 385 g/mol. The molecule has 0 spiro atoms. The molecular formula is C20H23N3O5. The van der Waals surface area contributed by atoms with E-state index < -0.39 is 11.8 Å². The molecule has 148 valence electrons. The molecule has 2 heterocycles. The zero-order chi connectivity index (χ0) is 19.9. The van der Waals surface area contributed by atoms with Crippen LogP contribution in [0.3, 0.4) is 0 Å². The number of aliphatic hydroxyl groups is 1. The van der Waals surface area contributed by atoms with Gasteiger partial charge < -0.3 is 24.2 Å². The summed E-state index contributed by atoms with van der Waals surface area (Å²) in [6, 6.07) is 12.6. The molecule has 1 aliphatic heterocycles. The molecule has 0 atom stereocenters. The summed E-state index contributed by atoms with van der Waals surface area (Å²) >= 11 is 0. The zero-order valence-electron chi connectivity index (χ0n) is 15.5. The maximum atomic E-state index is 12.7. The van der Waals surface area contributed by atoms with Gasteiger partial charge in [0.2, 0.25) is 0 Å². The van der Waals surface area contributed by atoms with Crippen LogP contribution < -0.4 is 0 Å². The van der Waals surface area contributed by atoms with Crippen molar-refractivity contribution < 1.29 is 23.9 Å². The predicted octanol–water partition coefficient (Wildman–Crippen LogP) is 0.585. The lowest BCUT2D eigenvalue weighted by molar-refractivity contribution is -0.153. The van der Waals surface area contributed by atoms with Crippen molar-refractivity contribution in [1.82, 2.24) is 14.7 Å². The molecule has 1 aliphatic rings. The fourth-order valence-electron chi connectivity index (χ4n) is 3.12. The fraction of sp³-hybridized carbons (Fsp3) is 0.350. The van der Waals surface area contributed by atoms with Crippen LogP contribution in [0, 0.1) is 0 Å². The van der Waals surface area contributed by atoms with Crippen molar-refractivity contribution in [2.24, 2.45) is 0 Å². The first-order chi connectivity index (χ1) is 13.6. The highest BCUT2D eigenvalue weighted by Crippen LogP contribution is 2.11. The van der Waals surface area contributed by atoms with Crippen molar-refractivity contribution in [3.05, 3.63) is 60.1 Å². The van der Waals surface area contributed by atoms with E-state index in [1.54, 1.807) is 17.0 Å². The molecule has 1 N–H and O–H groups in total. The molecule has 3 rings (SSSR count). The van der Waals surface area contributed by atoms with Gasteiger partial charge in [0.25, 0.3) is 5.91 Å². The van der Waals surface area contributed by atoms with Gasteiger partial charge in [-0.2, -0.15) is 0 Å². The van der Waals surface area contributed by atoms with Gasteiger partial charge in [-0.15, -0.1) is 0 Å². The normalized spacial score (nSPS) is 14.0. The number of carbonyl (C=O) groups is 3. The highest BCUT2D eigenvalue weighted by atomic mass is 16.3. The van der Waals surface area contributed by atoms with E-state index in [9.17, 15) is 19.5 Å². The number of amides is 3. The van der Waals surface area contributed by atoms with E-state index in [2.05, 4.69) is 0 Å². The highest BCUT2D eigenvalue weighted by molar-refractivity contribution is 6.34. The fourth-order valence-corrected chi connectivity index (χ4v) is 3.12. The minimum absolute atomic E-state index is 0.0798. The van der Waals surface area contributed by atoms with E-state index in [1.807, 2.05) is 30.3 Å². The SMILES string of the molecule is O=C(C(=O)N(CCO)Cc1ccccc1)N1CCN(C(=O)c2ccco2)CC1. The Morgan fingerprint density at radius 2 is 1.64 bits per heavy atom. The van der Waals surface area contributed by atoms with Gasteiger partial charge >= 0.3 is 11.8 Å². The minimum Gasteiger partial charge on any atom is -0.459 e. The second-order valence-corrected chi connectivity index (χ2v) is 6.50. The second kappa shape index (κ2) is 9.18. The molecular weight excluding hydrogens is 362 g/mol. The topological polar surface area (TPSA) is 94.3 Å². The van der Waals surface area contributed by atoms with E-state index in [4.69, 9.17) is 4.42 Å². The lowest BCUT2D eigenvalue weighted by Crippen LogP contribution is -2.54. The van der Waals surface area contributed by atoms with Crippen LogP contribution in [0.1, 0.15) is 16.1 Å². The molecule has 1 fully saturated rings. The van der Waals surface area contributed by atoms with Gasteiger partial charge in [0, 0.05) is 39.3 Å². The van der Waals surface area contributed by atoms with E-state index in [0.29, 0.717) is 13.1 Å². The lowest BCUT2D eigenvalue weighted by atomic mass is 10.2. The molecule has 2 aromatic rings. The molecule has 0 saturated carbocycles. The standard InChI is InChI=1S/C20H23N3O5/c24-13-12-23(15-16-5-2-1-3-6-16)20(27)19(26)22-10-8-21(9-11-22)18(25)17-7-4-14-28-17/h1-7,14,24H,8-13,15H2. The van der Waals surface area contributed by atoms with E-state index in [-0.39, 0.29) is 44.5 Å². The Balaban J connectivity index is 1.58. The summed E-state index contributed by atoms with van der Waals surface area (Å²) in [6.45, 7) is 1.32. The van der Waals surface area contributed by atoms with Gasteiger partial charge in [0.1, 0.15) is 0 Å². The number of hydrogen-bond acceptors (Lipinski definition) is 5. The molecule has 0 bridgehead atoms. The van der Waals surface area contributed by atoms with Crippen molar-refractivity contribution in [1.29, 1.82) is 0 Å². The minimum atomic E-state index is -0.649. The second-order valence-electron chi connectivity index (χ2n) is 6.50. The third kappa shape index (κ3) is 4.58. The largest absolute Gasteiger partial charge is 0.459 e. The molecule has 1 aromatic carbocycles. The maximum absolute atomic E-state index is 12.7. The Hall–Kier alpha value is -3.13. The van der Waals surface area contributed by atoms with Crippen LogP contribution in [0.4, 0.5) is 0 Å². The summed E-state index contributed by atoms with van der Waals surface area (Å²) in [5.41, 5.74) is 0.881. The molecule has 1 saturated heterocycles. The number of furan rings is 1. The van der Waals surface area contributed by atoms with E-state index >= 15 is 0 Å². The lowest BCUT2D eigenvalue weighted by Gasteiger charge is -2.35. The van der Waals surface area contributed by atoms with Gasteiger partial charge in [0.05, 0.1) is 12.9 Å². The maximum Gasteiger partial charge on any atom is 0.312 e. The van der Waals surface area contributed by atoms with Crippen molar-refractivity contribution in [2.45, 2.75) is 6.54 Å². The van der Waals surface area contributed by atoms with Crippen LogP contribution >= 0.6 is 0 Å². The van der Waals surface area contributed by atoms with Crippen LogP contribution in [0.25, 0.3) is 0 Å². The van der Waals surface area contributed by atoms with Crippen LogP contribution in [-0.4, -0.2) is 76.9 Å². The molecule has 0 unspecified atom stereocenters. The van der Waals surface area contributed by atoms with Gasteiger partial charge in [-0.1, -0.05) is 30.3 Å². The Kier molecular flexibility index (Phi) is 6.44. The third-order valence-corrected chi connectivity index (χ3v) is 4.64. The number of hydrogen-bond donors (Lipinski definition) is 1. The van der Waals surface area contributed by atoms with Crippen molar-refractivity contribution in [2.75, 3.05) is 39.3 Å². The van der Waals surface area contributed by atoms with Crippen LogP contribution in [0.5, 0.6) is 0 Å². The summed E-state index contributed by atoms with van der Waals surface area (Å²) in [6.07, 6.45) is 1.44.